The maximum absolute atomic E-state index is 12.7. The fraction of sp³-hybridized carbons (Fsp3) is 0.444. The van der Waals surface area contributed by atoms with Crippen molar-refractivity contribution in [2.45, 2.75) is 44.2 Å². The first-order valence-electron chi connectivity index (χ1n) is 8.06. The van der Waals surface area contributed by atoms with Gasteiger partial charge in [-0.3, -0.25) is 4.79 Å². The molecule has 0 radical (unpaired) electrons. The van der Waals surface area contributed by atoms with Crippen LogP contribution in [-0.2, 0) is 4.79 Å². The van der Waals surface area contributed by atoms with E-state index in [1.54, 1.807) is 0 Å². The lowest BCUT2D eigenvalue weighted by Crippen LogP contribution is -2.26. The van der Waals surface area contributed by atoms with E-state index in [2.05, 4.69) is 21.7 Å². The highest BCUT2D eigenvalue weighted by molar-refractivity contribution is 5.83. The Hall–Kier alpha value is -1.94. The number of rotatable bonds is 3. The Balaban J connectivity index is 1.57. The maximum Gasteiger partial charge on any atom is 0.138 e. The molecule has 1 aliphatic carbocycles. The maximum atomic E-state index is 12.7. The summed E-state index contributed by atoms with van der Waals surface area (Å²) >= 11 is 0. The Morgan fingerprint density at radius 2 is 2.00 bits per heavy atom. The Bertz CT molecular complexity index is 699. The van der Waals surface area contributed by atoms with E-state index in [0.717, 1.165) is 31.4 Å². The molecule has 1 aromatic heterocycles. The lowest BCUT2D eigenvalue weighted by molar-refractivity contribution is -0.124. The second-order valence-corrected chi connectivity index (χ2v) is 6.47. The molecule has 0 amide bonds. The predicted molar refractivity (Wildman–Crippen MR) is 83.4 cm³/mol. The van der Waals surface area contributed by atoms with Gasteiger partial charge in [0.1, 0.15) is 5.78 Å². The molecule has 0 spiro atoms. The minimum absolute atomic E-state index is 0.0769. The van der Waals surface area contributed by atoms with Gasteiger partial charge in [0.25, 0.3) is 0 Å². The molecule has 22 heavy (non-hydrogen) atoms. The first kappa shape index (κ1) is 13.7. The summed E-state index contributed by atoms with van der Waals surface area (Å²) in [5.41, 5.74) is 3.52. The van der Waals surface area contributed by atoms with Crippen molar-refractivity contribution in [3.8, 4) is 11.3 Å². The van der Waals surface area contributed by atoms with Gasteiger partial charge in [0, 0.05) is 17.9 Å². The Morgan fingerprint density at radius 1 is 1.23 bits per heavy atom. The molecule has 1 fully saturated rings. The molecule has 1 aromatic carbocycles. The number of fused-ring (bicyclic) bond motifs is 3. The van der Waals surface area contributed by atoms with Gasteiger partial charge in [0.15, 0.2) is 0 Å². The first-order chi connectivity index (χ1) is 10.7. The zero-order valence-corrected chi connectivity index (χ0v) is 12.5. The van der Waals surface area contributed by atoms with Crippen LogP contribution < -0.4 is 0 Å². The summed E-state index contributed by atoms with van der Waals surface area (Å²) in [6.45, 7) is 0. The summed E-state index contributed by atoms with van der Waals surface area (Å²) < 4.78 is 2.13. The van der Waals surface area contributed by atoms with Gasteiger partial charge in [-0.25, -0.2) is 4.98 Å². The van der Waals surface area contributed by atoms with E-state index in [0.29, 0.717) is 12.2 Å². The van der Waals surface area contributed by atoms with E-state index < -0.39 is 0 Å². The van der Waals surface area contributed by atoms with Gasteiger partial charge in [-0.05, 0) is 31.2 Å². The molecule has 1 unspecified atom stereocenters. The summed E-state index contributed by atoms with van der Waals surface area (Å²) in [4.78, 5) is 16.9. The molecular formula is C18H20N2O2. The number of aliphatic hydroxyl groups is 1. The number of carbonyl (C=O) groups is 1. The quantitative estimate of drug-likeness (QED) is 0.947. The predicted octanol–water partition coefficient (Wildman–Crippen LogP) is 2.96. The standard InChI is InChI=1S/C18H20N2O2/c21-13-7-5-12(6-8-13)18(22)9-16-14-3-1-2-4-15(14)17-10-19-11-20(16)17/h1-4,10-13,16,21H,5-9H2. The molecule has 4 heteroatoms. The van der Waals surface area contributed by atoms with Crippen molar-refractivity contribution in [3.05, 3.63) is 42.4 Å². The van der Waals surface area contributed by atoms with Gasteiger partial charge in [0.2, 0.25) is 0 Å². The van der Waals surface area contributed by atoms with Crippen LogP contribution in [0.25, 0.3) is 11.3 Å². The number of benzene rings is 1. The second-order valence-electron chi connectivity index (χ2n) is 6.47. The largest absolute Gasteiger partial charge is 0.393 e. The number of hydrogen-bond acceptors (Lipinski definition) is 3. The van der Waals surface area contributed by atoms with Crippen molar-refractivity contribution < 1.29 is 9.90 Å². The molecule has 4 rings (SSSR count). The lowest BCUT2D eigenvalue weighted by atomic mass is 9.82. The van der Waals surface area contributed by atoms with Gasteiger partial charge in [-0.15, -0.1) is 0 Å². The molecule has 4 nitrogen and oxygen atoms in total. The normalized spacial score (nSPS) is 26.5. The van der Waals surface area contributed by atoms with Gasteiger partial charge in [-0.1, -0.05) is 24.3 Å². The van der Waals surface area contributed by atoms with Crippen LogP contribution in [0.4, 0.5) is 0 Å². The molecular weight excluding hydrogens is 276 g/mol. The number of aromatic nitrogens is 2. The van der Waals surface area contributed by atoms with Crippen molar-refractivity contribution in [1.82, 2.24) is 9.55 Å². The van der Waals surface area contributed by atoms with Crippen LogP contribution in [0.5, 0.6) is 0 Å². The number of aliphatic hydroxyl groups excluding tert-OH is 1. The number of hydrogen-bond donors (Lipinski definition) is 1. The van der Waals surface area contributed by atoms with Gasteiger partial charge in [0.05, 0.1) is 30.4 Å². The molecule has 2 aliphatic rings. The van der Waals surface area contributed by atoms with Crippen molar-refractivity contribution in [2.75, 3.05) is 0 Å². The highest BCUT2D eigenvalue weighted by atomic mass is 16.3. The SMILES string of the molecule is O=C(CC1c2ccccc2-c2cncn21)C1CCC(O)CC1. The summed E-state index contributed by atoms with van der Waals surface area (Å²) in [7, 11) is 0. The highest BCUT2D eigenvalue weighted by Gasteiger charge is 2.32. The van der Waals surface area contributed by atoms with Crippen LogP contribution in [0, 0.1) is 5.92 Å². The van der Waals surface area contributed by atoms with Crippen molar-refractivity contribution >= 4 is 5.78 Å². The Morgan fingerprint density at radius 3 is 2.82 bits per heavy atom. The number of ketones is 1. The minimum Gasteiger partial charge on any atom is -0.393 e. The zero-order valence-electron chi connectivity index (χ0n) is 12.5. The zero-order chi connectivity index (χ0) is 15.1. The van der Waals surface area contributed by atoms with Gasteiger partial charge < -0.3 is 9.67 Å². The van der Waals surface area contributed by atoms with Crippen LogP contribution in [0.1, 0.15) is 43.7 Å². The van der Waals surface area contributed by atoms with E-state index in [-0.39, 0.29) is 18.1 Å². The molecule has 1 saturated carbocycles. The monoisotopic (exact) mass is 296 g/mol. The van der Waals surface area contributed by atoms with Crippen molar-refractivity contribution in [3.63, 3.8) is 0 Å². The topological polar surface area (TPSA) is 55.1 Å². The van der Waals surface area contributed by atoms with Crippen molar-refractivity contribution in [1.29, 1.82) is 0 Å². The summed E-state index contributed by atoms with van der Waals surface area (Å²) in [6, 6.07) is 8.36. The lowest BCUT2D eigenvalue weighted by Gasteiger charge is -2.25. The van der Waals surface area contributed by atoms with Gasteiger partial charge >= 0.3 is 0 Å². The van der Waals surface area contributed by atoms with E-state index in [1.165, 1.54) is 11.1 Å². The second kappa shape index (κ2) is 5.36. The van der Waals surface area contributed by atoms with Crippen LogP contribution in [-0.4, -0.2) is 26.5 Å². The number of carbonyl (C=O) groups excluding carboxylic acids is 1. The van der Waals surface area contributed by atoms with E-state index in [4.69, 9.17) is 0 Å². The molecule has 0 saturated heterocycles. The molecule has 1 atom stereocenters. The van der Waals surface area contributed by atoms with E-state index in [1.807, 2.05) is 24.7 Å². The Kier molecular flexibility index (Phi) is 3.34. The average molecular weight is 296 g/mol. The summed E-state index contributed by atoms with van der Waals surface area (Å²) in [6.07, 6.45) is 7.19. The van der Waals surface area contributed by atoms with Crippen LogP contribution >= 0.6 is 0 Å². The number of nitrogens with zero attached hydrogens (tertiary/aromatic N) is 2. The summed E-state index contributed by atoms with van der Waals surface area (Å²) in [5.74, 6) is 0.441. The third kappa shape index (κ3) is 2.18. The smallest absolute Gasteiger partial charge is 0.138 e. The third-order valence-corrected chi connectivity index (χ3v) is 5.14. The van der Waals surface area contributed by atoms with Crippen LogP contribution in [0.3, 0.4) is 0 Å². The molecule has 2 heterocycles. The third-order valence-electron chi connectivity index (χ3n) is 5.14. The van der Waals surface area contributed by atoms with Crippen LogP contribution in [0.2, 0.25) is 0 Å². The number of Topliss-reactive ketones (excluding diaryl/α,β-unsaturated/α-hetero) is 1. The van der Waals surface area contributed by atoms with Crippen LogP contribution in [0.15, 0.2) is 36.8 Å². The average Bonchev–Trinajstić information content (AvgIpc) is 3.11. The molecule has 2 aromatic rings. The fourth-order valence-electron chi connectivity index (χ4n) is 3.90. The minimum atomic E-state index is -0.212. The molecule has 0 bridgehead atoms. The Labute approximate surface area is 129 Å². The summed E-state index contributed by atoms with van der Waals surface area (Å²) in [5, 5.41) is 9.60. The number of imidazole rings is 1. The first-order valence-corrected chi connectivity index (χ1v) is 8.06. The van der Waals surface area contributed by atoms with E-state index >= 15 is 0 Å². The van der Waals surface area contributed by atoms with Crippen molar-refractivity contribution in [2.24, 2.45) is 5.92 Å². The van der Waals surface area contributed by atoms with E-state index in [9.17, 15) is 9.90 Å². The highest BCUT2D eigenvalue weighted by Crippen LogP contribution is 2.41. The molecule has 1 aliphatic heterocycles. The molecule has 114 valence electrons. The fourth-order valence-corrected chi connectivity index (χ4v) is 3.90. The van der Waals surface area contributed by atoms with Gasteiger partial charge in [-0.2, -0.15) is 0 Å². The molecule has 1 N–H and O–H groups in total.